The number of nitrogens with zero attached hydrogens (tertiary/aromatic N) is 4. The second kappa shape index (κ2) is 10.2. The number of aromatic nitrogens is 2. The topological polar surface area (TPSA) is 62.6 Å². The number of amides is 1. The number of anilines is 2. The first-order valence-electron chi connectivity index (χ1n) is 12.0. The van der Waals surface area contributed by atoms with Gasteiger partial charge in [0.1, 0.15) is 11.6 Å². The number of carbonyl (C=O) groups is 1. The van der Waals surface area contributed by atoms with Crippen LogP contribution in [0.25, 0.3) is 11.0 Å². The molecule has 0 saturated carbocycles. The van der Waals surface area contributed by atoms with Gasteiger partial charge in [-0.15, -0.1) is 0 Å². The summed E-state index contributed by atoms with van der Waals surface area (Å²) in [5.74, 6) is 1.62. The number of carbonyl (C=O) groups excluding carboxylic acids is 1. The largest absolute Gasteiger partial charge is 0.484 e. The molecule has 0 atom stereocenters. The fraction of sp³-hybridized carbons (Fsp3) is 0.286. The summed E-state index contributed by atoms with van der Waals surface area (Å²) in [5, 5.41) is 3.03. The van der Waals surface area contributed by atoms with Crippen molar-refractivity contribution in [3.05, 3.63) is 84.2 Å². The van der Waals surface area contributed by atoms with Crippen LogP contribution in [0.1, 0.15) is 11.4 Å². The molecular formula is C28H31N5O2. The highest BCUT2D eigenvalue weighted by atomic mass is 16.5. The molecule has 0 aliphatic carbocycles. The van der Waals surface area contributed by atoms with E-state index >= 15 is 0 Å². The van der Waals surface area contributed by atoms with Gasteiger partial charge in [0, 0.05) is 33.2 Å². The third-order valence-electron chi connectivity index (χ3n) is 6.50. The van der Waals surface area contributed by atoms with Crippen molar-refractivity contribution in [2.45, 2.75) is 13.5 Å². The summed E-state index contributed by atoms with van der Waals surface area (Å²) in [6.45, 7) is 6.44. The zero-order chi connectivity index (χ0) is 24.2. The van der Waals surface area contributed by atoms with Gasteiger partial charge in [-0.2, -0.15) is 0 Å². The Bertz CT molecular complexity index is 1320. The lowest BCUT2D eigenvalue weighted by atomic mass is 10.2. The first kappa shape index (κ1) is 22.9. The number of benzene rings is 3. The minimum Gasteiger partial charge on any atom is -0.484 e. The van der Waals surface area contributed by atoms with Crippen molar-refractivity contribution in [3.63, 3.8) is 0 Å². The van der Waals surface area contributed by atoms with Crippen LogP contribution in [0.2, 0.25) is 0 Å². The molecule has 0 radical (unpaired) electrons. The Balaban J connectivity index is 1.18. The Morgan fingerprint density at radius 3 is 2.54 bits per heavy atom. The Hall–Kier alpha value is -3.84. The van der Waals surface area contributed by atoms with Crippen molar-refractivity contribution in [2.24, 2.45) is 7.05 Å². The van der Waals surface area contributed by atoms with Crippen LogP contribution in [-0.4, -0.2) is 53.1 Å². The molecule has 3 aromatic carbocycles. The molecule has 1 saturated heterocycles. The smallest absolute Gasteiger partial charge is 0.262 e. The fourth-order valence-corrected chi connectivity index (χ4v) is 4.58. The van der Waals surface area contributed by atoms with Gasteiger partial charge < -0.3 is 19.5 Å². The van der Waals surface area contributed by atoms with Gasteiger partial charge in [-0.1, -0.05) is 36.4 Å². The maximum atomic E-state index is 12.6. The molecule has 1 fully saturated rings. The highest BCUT2D eigenvalue weighted by Crippen LogP contribution is 2.27. The van der Waals surface area contributed by atoms with Crippen LogP contribution in [0, 0.1) is 6.92 Å². The second-order valence-electron chi connectivity index (χ2n) is 9.01. The van der Waals surface area contributed by atoms with Crippen LogP contribution in [0.15, 0.2) is 72.8 Å². The van der Waals surface area contributed by atoms with Crippen LogP contribution in [0.3, 0.4) is 0 Å². The molecule has 7 heteroatoms. The lowest BCUT2D eigenvalue weighted by Gasteiger charge is -2.36. The van der Waals surface area contributed by atoms with E-state index in [4.69, 9.17) is 9.72 Å². The van der Waals surface area contributed by atoms with Gasteiger partial charge in [-0.25, -0.2) is 4.98 Å². The molecule has 5 rings (SSSR count). The molecule has 0 spiro atoms. The minimum absolute atomic E-state index is 0.0242. The van der Waals surface area contributed by atoms with Crippen molar-refractivity contribution in [1.82, 2.24) is 14.5 Å². The van der Waals surface area contributed by atoms with E-state index in [1.807, 2.05) is 55.5 Å². The standard InChI is InChI=1S/C28H31N5O2/c1-21-8-7-9-22(18-21)35-20-28(34)30-24-11-4-6-13-26(24)33-16-14-32(15-17-33)19-27-29-23-10-3-5-12-25(23)31(27)2/h3-13,18H,14-17,19-20H2,1-2H3,(H,30,34). The molecule has 35 heavy (non-hydrogen) atoms. The molecule has 1 aliphatic rings. The number of hydrogen-bond donors (Lipinski definition) is 1. The number of aryl methyl sites for hydroxylation is 2. The zero-order valence-electron chi connectivity index (χ0n) is 20.3. The fourth-order valence-electron chi connectivity index (χ4n) is 4.58. The van der Waals surface area contributed by atoms with Gasteiger partial charge in [0.25, 0.3) is 5.91 Å². The molecule has 4 aromatic rings. The number of ether oxygens (including phenoxy) is 1. The highest BCUT2D eigenvalue weighted by molar-refractivity contribution is 5.95. The minimum atomic E-state index is -0.167. The van der Waals surface area contributed by atoms with Crippen LogP contribution in [0.5, 0.6) is 5.75 Å². The molecule has 1 aliphatic heterocycles. The van der Waals surface area contributed by atoms with Crippen molar-refractivity contribution in [3.8, 4) is 5.75 Å². The summed E-state index contributed by atoms with van der Waals surface area (Å²) in [5.41, 5.74) is 5.16. The lowest BCUT2D eigenvalue weighted by Crippen LogP contribution is -2.46. The maximum absolute atomic E-state index is 12.6. The average molecular weight is 470 g/mol. The summed E-state index contributed by atoms with van der Waals surface area (Å²) < 4.78 is 7.85. The average Bonchev–Trinajstić information content (AvgIpc) is 3.19. The number of nitrogens with one attached hydrogen (secondary N) is 1. The molecule has 1 amide bonds. The van der Waals surface area contributed by atoms with Gasteiger partial charge in [-0.3, -0.25) is 9.69 Å². The number of hydrogen-bond acceptors (Lipinski definition) is 5. The molecule has 1 N–H and O–H groups in total. The second-order valence-corrected chi connectivity index (χ2v) is 9.01. The number of imidazole rings is 1. The summed E-state index contributed by atoms with van der Waals surface area (Å²) in [4.78, 5) is 22.2. The van der Waals surface area contributed by atoms with E-state index in [0.29, 0.717) is 5.75 Å². The van der Waals surface area contributed by atoms with Crippen LogP contribution >= 0.6 is 0 Å². The van der Waals surface area contributed by atoms with Gasteiger partial charge in [0.05, 0.1) is 29.0 Å². The van der Waals surface area contributed by atoms with Crippen LogP contribution < -0.4 is 15.0 Å². The van der Waals surface area contributed by atoms with E-state index in [-0.39, 0.29) is 12.5 Å². The Morgan fingerprint density at radius 1 is 0.971 bits per heavy atom. The summed E-state index contributed by atoms with van der Waals surface area (Å²) in [7, 11) is 2.09. The van der Waals surface area contributed by atoms with E-state index in [1.54, 1.807) is 0 Å². The molecule has 1 aromatic heterocycles. The van der Waals surface area contributed by atoms with E-state index < -0.39 is 0 Å². The first-order chi connectivity index (χ1) is 17.1. The van der Waals surface area contributed by atoms with E-state index in [2.05, 4.69) is 51.0 Å². The third kappa shape index (κ3) is 5.30. The SMILES string of the molecule is Cc1cccc(OCC(=O)Nc2ccccc2N2CCN(Cc3nc4ccccc4n3C)CC2)c1. The Morgan fingerprint density at radius 2 is 1.74 bits per heavy atom. The van der Waals surface area contributed by atoms with Crippen LogP contribution in [0.4, 0.5) is 11.4 Å². The maximum Gasteiger partial charge on any atom is 0.262 e. The molecule has 7 nitrogen and oxygen atoms in total. The molecule has 0 unspecified atom stereocenters. The van der Waals surface area contributed by atoms with Gasteiger partial charge in [-0.05, 0) is 48.9 Å². The predicted molar refractivity (Wildman–Crippen MR) is 140 cm³/mol. The van der Waals surface area contributed by atoms with Crippen molar-refractivity contribution in [1.29, 1.82) is 0 Å². The Labute approximate surface area is 205 Å². The molecule has 0 bridgehead atoms. The molecular weight excluding hydrogens is 438 g/mol. The zero-order valence-corrected chi connectivity index (χ0v) is 20.3. The van der Waals surface area contributed by atoms with E-state index in [0.717, 1.165) is 66.5 Å². The number of rotatable bonds is 7. The summed E-state index contributed by atoms with van der Waals surface area (Å²) in [6.07, 6.45) is 0. The predicted octanol–water partition coefficient (Wildman–Crippen LogP) is 4.22. The number of para-hydroxylation sites is 4. The van der Waals surface area contributed by atoms with E-state index in [1.165, 1.54) is 0 Å². The quantitative estimate of drug-likeness (QED) is 0.439. The van der Waals surface area contributed by atoms with Gasteiger partial charge in [0.2, 0.25) is 0 Å². The van der Waals surface area contributed by atoms with Crippen molar-refractivity contribution in [2.75, 3.05) is 43.0 Å². The van der Waals surface area contributed by atoms with E-state index in [9.17, 15) is 4.79 Å². The Kier molecular flexibility index (Phi) is 6.68. The van der Waals surface area contributed by atoms with Gasteiger partial charge >= 0.3 is 0 Å². The van der Waals surface area contributed by atoms with Crippen LogP contribution in [-0.2, 0) is 18.4 Å². The van der Waals surface area contributed by atoms with Crippen molar-refractivity contribution < 1.29 is 9.53 Å². The van der Waals surface area contributed by atoms with Crippen molar-refractivity contribution >= 4 is 28.3 Å². The lowest BCUT2D eigenvalue weighted by molar-refractivity contribution is -0.118. The molecule has 2 heterocycles. The summed E-state index contributed by atoms with van der Waals surface area (Å²) >= 11 is 0. The van der Waals surface area contributed by atoms with Gasteiger partial charge in [0.15, 0.2) is 6.61 Å². The monoisotopic (exact) mass is 469 g/mol. The number of fused-ring (bicyclic) bond motifs is 1. The summed E-state index contributed by atoms with van der Waals surface area (Å²) in [6, 6.07) is 24.0. The molecule has 180 valence electrons. The number of piperazine rings is 1. The third-order valence-corrected chi connectivity index (χ3v) is 6.50. The highest BCUT2D eigenvalue weighted by Gasteiger charge is 2.21. The first-order valence-corrected chi connectivity index (χ1v) is 12.0. The normalized spacial score (nSPS) is 14.3.